The monoisotopic (exact) mass is 522 g/mol. The molecule has 2 aliphatic rings. The van der Waals surface area contributed by atoms with Gasteiger partial charge in [0.25, 0.3) is 0 Å². The summed E-state index contributed by atoms with van der Waals surface area (Å²) >= 11 is 0. The van der Waals surface area contributed by atoms with Crippen LogP contribution in [-0.4, -0.2) is 0 Å². The fraction of sp³-hybridized carbons (Fsp3) is 0.600. The van der Waals surface area contributed by atoms with Gasteiger partial charge in [-0.05, 0) is 89.5 Å². The summed E-state index contributed by atoms with van der Waals surface area (Å²) in [6.45, 7) is 22.4. The SMILES string of the molecule is CC1=C(C)C(C)C(C)=C1C.CC1=C(C)C(C)C(C)=C1C.[Cl-].[Cl-].[Hf]. The molecule has 0 radical (unpaired) electrons. The first kappa shape index (κ1) is 28.2. The average Bonchev–Trinajstić information content (AvgIpc) is 2.71. The van der Waals surface area contributed by atoms with E-state index in [1.54, 1.807) is 22.3 Å². The number of rotatable bonds is 0. The van der Waals surface area contributed by atoms with Crippen molar-refractivity contribution >= 4 is 0 Å². The van der Waals surface area contributed by atoms with Crippen molar-refractivity contribution in [2.45, 2.75) is 69.2 Å². The largest absolute Gasteiger partial charge is 1.00 e. The molecule has 3 heteroatoms. The van der Waals surface area contributed by atoms with Crippen molar-refractivity contribution in [3.8, 4) is 0 Å². The number of hydrogen-bond donors (Lipinski definition) is 0. The Labute approximate surface area is 175 Å². The molecule has 0 aromatic heterocycles. The van der Waals surface area contributed by atoms with E-state index in [0.717, 1.165) is 0 Å². The van der Waals surface area contributed by atoms with Crippen molar-refractivity contribution in [2.24, 2.45) is 11.8 Å². The van der Waals surface area contributed by atoms with E-state index in [1.165, 1.54) is 22.3 Å². The zero-order valence-electron chi connectivity index (χ0n) is 16.4. The Morgan fingerprint density at radius 3 is 0.609 bits per heavy atom. The zero-order valence-corrected chi connectivity index (χ0v) is 21.5. The van der Waals surface area contributed by atoms with Gasteiger partial charge in [0.05, 0.1) is 0 Å². The summed E-state index contributed by atoms with van der Waals surface area (Å²) < 4.78 is 0. The van der Waals surface area contributed by atoms with Gasteiger partial charge in [0, 0.05) is 25.8 Å². The molecule has 0 nitrogen and oxygen atoms in total. The summed E-state index contributed by atoms with van der Waals surface area (Å²) in [5.74, 6) is 1.39. The molecule has 0 amide bonds. The fourth-order valence-corrected chi connectivity index (χ4v) is 3.13. The maximum absolute atomic E-state index is 2.28. The summed E-state index contributed by atoms with van der Waals surface area (Å²) in [5.41, 5.74) is 12.2. The third-order valence-electron chi connectivity index (χ3n) is 6.09. The summed E-state index contributed by atoms with van der Waals surface area (Å²) in [5, 5.41) is 0. The summed E-state index contributed by atoms with van der Waals surface area (Å²) in [6, 6.07) is 0. The van der Waals surface area contributed by atoms with Gasteiger partial charge in [-0.2, -0.15) is 0 Å². The molecule has 0 saturated heterocycles. The molecule has 2 rings (SSSR count). The molecule has 0 aromatic carbocycles. The normalized spacial score (nSPS) is 18.5. The van der Waals surface area contributed by atoms with E-state index in [1.807, 2.05) is 0 Å². The van der Waals surface area contributed by atoms with Crippen LogP contribution in [0.25, 0.3) is 0 Å². The third-order valence-corrected chi connectivity index (χ3v) is 6.09. The Balaban J connectivity index is -0.000000308. The molecule has 0 atom stereocenters. The fourth-order valence-electron chi connectivity index (χ4n) is 3.13. The van der Waals surface area contributed by atoms with Crippen LogP contribution in [0.4, 0.5) is 0 Å². The summed E-state index contributed by atoms with van der Waals surface area (Å²) in [4.78, 5) is 0. The molecular weight excluding hydrogens is 490 g/mol. The van der Waals surface area contributed by atoms with Crippen LogP contribution in [0, 0.1) is 11.8 Å². The molecular formula is C20H32Cl2Hf-2. The van der Waals surface area contributed by atoms with Gasteiger partial charge < -0.3 is 24.8 Å². The minimum absolute atomic E-state index is 0. The molecule has 23 heavy (non-hydrogen) atoms. The molecule has 0 N–H and O–H groups in total. The Bertz CT molecular complexity index is 450. The van der Waals surface area contributed by atoms with Crippen LogP contribution in [0.2, 0.25) is 0 Å². The number of hydrogen-bond acceptors (Lipinski definition) is 0. The van der Waals surface area contributed by atoms with E-state index < -0.39 is 0 Å². The van der Waals surface area contributed by atoms with Gasteiger partial charge in [-0.15, -0.1) is 0 Å². The molecule has 0 aliphatic heterocycles. The zero-order chi connectivity index (χ0) is 15.8. The van der Waals surface area contributed by atoms with Crippen molar-refractivity contribution in [1.82, 2.24) is 0 Å². The van der Waals surface area contributed by atoms with E-state index in [0.29, 0.717) is 11.8 Å². The predicted octanol–water partition coefficient (Wildman–Crippen LogP) is 0.623. The van der Waals surface area contributed by atoms with E-state index in [4.69, 9.17) is 0 Å². The maximum atomic E-state index is 2.28. The Hall–Kier alpha value is 0.410. The maximum Gasteiger partial charge on any atom is 0 e. The van der Waals surface area contributed by atoms with Crippen LogP contribution >= 0.6 is 0 Å². The van der Waals surface area contributed by atoms with Crippen LogP contribution in [0.3, 0.4) is 0 Å². The standard InChI is InChI=1S/2C10H16.2ClH.Hf/c2*1-6-7(2)9(4)10(5)8(6)3;;;/h2*6H,1-5H3;2*1H;/p-2. The summed E-state index contributed by atoms with van der Waals surface area (Å²) in [7, 11) is 0. The van der Waals surface area contributed by atoms with E-state index >= 15 is 0 Å². The number of halogens is 2. The van der Waals surface area contributed by atoms with Gasteiger partial charge in [0.15, 0.2) is 0 Å². The molecule has 0 spiro atoms. The molecule has 0 bridgehead atoms. The molecule has 0 aromatic rings. The van der Waals surface area contributed by atoms with E-state index in [9.17, 15) is 0 Å². The van der Waals surface area contributed by atoms with Crippen molar-refractivity contribution in [1.29, 1.82) is 0 Å². The third kappa shape index (κ3) is 5.72. The van der Waals surface area contributed by atoms with Crippen molar-refractivity contribution in [3.63, 3.8) is 0 Å². The molecule has 2 aliphatic carbocycles. The quantitative estimate of drug-likeness (QED) is 0.410. The first-order valence-electron chi connectivity index (χ1n) is 7.81. The molecule has 0 unspecified atom stereocenters. The molecule has 0 heterocycles. The minimum atomic E-state index is 0. The van der Waals surface area contributed by atoms with Crippen LogP contribution < -0.4 is 24.8 Å². The first-order valence-corrected chi connectivity index (χ1v) is 7.81. The second kappa shape index (κ2) is 11.1. The van der Waals surface area contributed by atoms with E-state index in [-0.39, 0.29) is 50.7 Å². The topological polar surface area (TPSA) is 0 Å². The van der Waals surface area contributed by atoms with Gasteiger partial charge in [-0.1, -0.05) is 36.1 Å². The Morgan fingerprint density at radius 2 is 0.565 bits per heavy atom. The second-order valence-corrected chi connectivity index (χ2v) is 6.68. The Morgan fingerprint density at radius 1 is 0.435 bits per heavy atom. The van der Waals surface area contributed by atoms with Gasteiger partial charge >= 0.3 is 0 Å². The minimum Gasteiger partial charge on any atom is -1.00 e. The molecule has 0 saturated carbocycles. The number of allylic oxidation sites excluding steroid dienone is 8. The van der Waals surface area contributed by atoms with Crippen molar-refractivity contribution in [3.05, 3.63) is 44.6 Å². The van der Waals surface area contributed by atoms with Gasteiger partial charge in [0.2, 0.25) is 0 Å². The smallest absolute Gasteiger partial charge is 0 e. The van der Waals surface area contributed by atoms with E-state index in [2.05, 4.69) is 69.2 Å². The van der Waals surface area contributed by atoms with Crippen molar-refractivity contribution < 1.29 is 50.7 Å². The van der Waals surface area contributed by atoms with Gasteiger partial charge in [0.1, 0.15) is 0 Å². The van der Waals surface area contributed by atoms with Gasteiger partial charge in [-0.25, -0.2) is 0 Å². The van der Waals surface area contributed by atoms with Crippen LogP contribution in [0.5, 0.6) is 0 Å². The van der Waals surface area contributed by atoms with Crippen LogP contribution in [-0.2, 0) is 25.8 Å². The first-order chi connectivity index (χ1) is 9.11. The Kier molecular flexibility index (Phi) is 13.6. The molecule has 132 valence electrons. The average molecular weight is 522 g/mol. The van der Waals surface area contributed by atoms with Crippen molar-refractivity contribution in [2.75, 3.05) is 0 Å². The molecule has 0 fully saturated rings. The summed E-state index contributed by atoms with van der Waals surface area (Å²) in [6.07, 6.45) is 0. The van der Waals surface area contributed by atoms with Gasteiger partial charge in [-0.3, -0.25) is 0 Å². The predicted molar refractivity (Wildman–Crippen MR) is 91.8 cm³/mol. The van der Waals surface area contributed by atoms with Crippen LogP contribution in [0.15, 0.2) is 44.6 Å². The second-order valence-electron chi connectivity index (χ2n) is 6.68. The van der Waals surface area contributed by atoms with Crippen LogP contribution in [0.1, 0.15) is 69.2 Å².